The van der Waals surface area contributed by atoms with Gasteiger partial charge in [-0.2, -0.15) is 0 Å². The van der Waals surface area contributed by atoms with Crippen molar-refractivity contribution < 1.29 is 14.6 Å². The number of amides is 1. The Balaban J connectivity index is 1.53. The predicted molar refractivity (Wildman–Crippen MR) is 102 cm³/mol. The van der Waals surface area contributed by atoms with Crippen molar-refractivity contribution >= 4 is 27.5 Å². The number of nitrogens with one attached hydrogen (secondary N) is 1. The molecule has 3 aromatic rings. The average molecular weight is 368 g/mol. The fourth-order valence-corrected chi connectivity index (χ4v) is 4.40. The van der Waals surface area contributed by atoms with Gasteiger partial charge in [0, 0.05) is 0 Å². The second-order valence-corrected chi connectivity index (χ2v) is 7.61. The van der Waals surface area contributed by atoms with Crippen molar-refractivity contribution in [2.75, 3.05) is 13.7 Å². The molecule has 0 aliphatic heterocycles. The van der Waals surface area contributed by atoms with Crippen molar-refractivity contribution in [3.05, 3.63) is 58.6 Å². The number of carbonyl (C=O) groups excluding carboxylic acids is 1. The van der Waals surface area contributed by atoms with Gasteiger partial charge in [0.2, 0.25) is 0 Å². The molecule has 5 nitrogen and oxygen atoms in total. The lowest BCUT2D eigenvalue weighted by Crippen LogP contribution is -2.43. The van der Waals surface area contributed by atoms with Crippen LogP contribution in [0.5, 0.6) is 5.75 Å². The fraction of sp³-hybridized carbons (Fsp3) is 0.300. The Hall–Kier alpha value is -2.44. The molecule has 0 fully saturated rings. The number of aliphatic hydroxyl groups is 1. The van der Waals surface area contributed by atoms with Crippen molar-refractivity contribution in [2.45, 2.75) is 24.9 Å². The van der Waals surface area contributed by atoms with Crippen LogP contribution >= 0.6 is 11.3 Å². The zero-order chi connectivity index (χ0) is 18.1. The molecule has 0 saturated heterocycles. The van der Waals surface area contributed by atoms with Crippen molar-refractivity contribution in [1.82, 2.24) is 10.3 Å². The van der Waals surface area contributed by atoms with Crippen LogP contribution in [0.4, 0.5) is 0 Å². The number of rotatable bonds is 4. The fourth-order valence-electron chi connectivity index (χ4n) is 3.52. The maximum atomic E-state index is 12.5. The lowest BCUT2D eigenvalue weighted by Gasteiger charge is -2.34. The van der Waals surface area contributed by atoms with Gasteiger partial charge in [0.05, 0.1) is 23.9 Å². The number of carbonyl (C=O) groups is 1. The van der Waals surface area contributed by atoms with Crippen LogP contribution < -0.4 is 10.1 Å². The highest BCUT2D eigenvalue weighted by Crippen LogP contribution is 2.36. The van der Waals surface area contributed by atoms with E-state index in [-0.39, 0.29) is 12.5 Å². The summed E-state index contributed by atoms with van der Waals surface area (Å²) in [5.41, 5.74) is 1.70. The molecule has 134 valence electrons. The van der Waals surface area contributed by atoms with E-state index in [2.05, 4.69) is 10.3 Å². The number of para-hydroxylation sites is 1. The molecule has 1 heterocycles. The van der Waals surface area contributed by atoms with E-state index in [1.165, 1.54) is 11.3 Å². The molecule has 2 aromatic carbocycles. The second-order valence-electron chi connectivity index (χ2n) is 6.58. The van der Waals surface area contributed by atoms with Crippen molar-refractivity contribution in [3.8, 4) is 5.75 Å². The summed E-state index contributed by atoms with van der Waals surface area (Å²) in [6, 6.07) is 13.4. The molecule has 0 radical (unpaired) electrons. The molecule has 1 aliphatic carbocycles. The summed E-state index contributed by atoms with van der Waals surface area (Å²) in [7, 11) is 1.63. The standard InChI is InChI=1S/C20H20N2O3S/c1-25-14-8-9-15-13(11-14)5-4-10-20(15,24)12-21-18(23)19-22-16-6-2-3-7-17(16)26-19/h2-3,6-9,11,24H,4-5,10,12H2,1H3,(H,21,23)/t20-/m0/s1. The third-order valence-corrected chi connectivity index (χ3v) is 5.91. The Kier molecular flexibility index (Phi) is 4.38. The molecule has 4 rings (SSSR count). The molecule has 0 saturated carbocycles. The molecule has 1 aliphatic rings. The SMILES string of the molecule is COc1ccc2c(c1)CCC[C@]2(O)CNC(=O)c1nc2ccccc2s1. The number of fused-ring (bicyclic) bond motifs is 2. The van der Waals surface area contributed by atoms with Crippen molar-refractivity contribution in [2.24, 2.45) is 0 Å². The van der Waals surface area contributed by atoms with E-state index in [1.54, 1.807) is 7.11 Å². The van der Waals surface area contributed by atoms with E-state index >= 15 is 0 Å². The number of ether oxygens (including phenoxy) is 1. The summed E-state index contributed by atoms with van der Waals surface area (Å²) in [5, 5.41) is 14.4. The van der Waals surface area contributed by atoms with Crippen LogP contribution in [-0.2, 0) is 12.0 Å². The van der Waals surface area contributed by atoms with Crippen LogP contribution in [0.15, 0.2) is 42.5 Å². The summed E-state index contributed by atoms with van der Waals surface area (Å²) in [6.07, 6.45) is 2.39. The zero-order valence-electron chi connectivity index (χ0n) is 14.5. The van der Waals surface area contributed by atoms with E-state index in [9.17, 15) is 9.90 Å². The first kappa shape index (κ1) is 17.0. The first-order valence-electron chi connectivity index (χ1n) is 8.63. The molecule has 2 N–H and O–H groups in total. The van der Waals surface area contributed by atoms with Crippen LogP contribution in [0.3, 0.4) is 0 Å². The molecular weight excluding hydrogens is 348 g/mol. The average Bonchev–Trinajstić information content (AvgIpc) is 3.10. The number of methoxy groups -OCH3 is 1. The summed E-state index contributed by atoms with van der Waals surface area (Å²) >= 11 is 1.36. The molecule has 0 unspecified atom stereocenters. The summed E-state index contributed by atoms with van der Waals surface area (Å²) < 4.78 is 6.25. The predicted octanol–water partition coefficient (Wildman–Crippen LogP) is 3.26. The van der Waals surface area contributed by atoms with Gasteiger partial charge >= 0.3 is 0 Å². The van der Waals surface area contributed by atoms with E-state index in [0.717, 1.165) is 39.9 Å². The Morgan fingerprint density at radius 2 is 2.19 bits per heavy atom. The highest BCUT2D eigenvalue weighted by Gasteiger charge is 2.35. The Morgan fingerprint density at radius 3 is 3.00 bits per heavy atom. The van der Waals surface area contributed by atoms with Gasteiger partial charge in [-0.05, 0) is 54.7 Å². The van der Waals surface area contributed by atoms with Crippen LogP contribution in [0.2, 0.25) is 0 Å². The lowest BCUT2D eigenvalue weighted by atomic mass is 9.79. The molecule has 6 heteroatoms. The third-order valence-electron chi connectivity index (χ3n) is 4.88. The van der Waals surface area contributed by atoms with Gasteiger partial charge in [-0.25, -0.2) is 4.98 Å². The topological polar surface area (TPSA) is 71.5 Å². The molecule has 1 amide bonds. The first-order chi connectivity index (χ1) is 12.6. The third kappa shape index (κ3) is 3.06. The van der Waals surface area contributed by atoms with E-state index < -0.39 is 5.60 Å². The van der Waals surface area contributed by atoms with Crippen molar-refractivity contribution in [3.63, 3.8) is 0 Å². The number of nitrogens with zero attached hydrogens (tertiary/aromatic N) is 1. The first-order valence-corrected chi connectivity index (χ1v) is 9.44. The van der Waals surface area contributed by atoms with Gasteiger partial charge in [0.1, 0.15) is 11.4 Å². The maximum absolute atomic E-state index is 12.5. The quantitative estimate of drug-likeness (QED) is 0.741. The van der Waals surface area contributed by atoms with Gasteiger partial charge in [-0.3, -0.25) is 4.79 Å². The summed E-state index contributed by atoms with van der Waals surface area (Å²) in [6.45, 7) is 0.168. The minimum atomic E-state index is -1.06. The number of aryl methyl sites for hydroxylation is 1. The van der Waals surface area contributed by atoms with Gasteiger partial charge in [-0.1, -0.05) is 18.2 Å². The van der Waals surface area contributed by atoms with E-state index in [4.69, 9.17) is 4.74 Å². The molecule has 1 atom stereocenters. The number of thiazole rings is 1. The van der Waals surface area contributed by atoms with Gasteiger partial charge in [0.15, 0.2) is 5.01 Å². The highest BCUT2D eigenvalue weighted by atomic mass is 32.1. The van der Waals surface area contributed by atoms with E-state index in [1.807, 2.05) is 42.5 Å². The van der Waals surface area contributed by atoms with Crippen LogP contribution in [-0.4, -0.2) is 29.7 Å². The maximum Gasteiger partial charge on any atom is 0.280 e. The van der Waals surface area contributed by atoms with E-state index in [0.29, 0.717) is 11.4 Å². The van der Waals surface area contributed by atoms with Gasteiger partial charge in [0.25, 0.3) is 5.91 Å². The van der Waals surface area contributed by atoms with Crippen LogP contribution in [0.25, 0.3) is 10.2 Å². The summed E-state index contributed by atoms with van der Waals surface area (Å²) in [5.74, 6) is 0.534. The second kappa shape index (κ2) is 6.70. The number of benzene rings is 2. The number of hydrogen-bond acceptors (Lipinski definition) is 5. The smallest absolute Gasteiger partial charge is 0.280 e. The Labute approximate surface area is 155 Å². The lowest BCUT2D eigenvalue weighted by molar-refractivity contribution is 0.0189. The molecular formula is C20H20N2O3S. The zero-order valence-corrected chi connectivity index (χ0v) is 15.3. The van der Waals surface area contributed by atoms with Gasteiger partial charge in [-0.15, -0.1) is 11.3 Å². The molecule has 0 bridgehead atoms. The normalized spacial score (nSPS) is 19.2. The molecule has 1 aromatic heterocycles. The largest absolute Gasteiger partial charge is 0.497 e. The molecule has 26 heavy (non-hydrogen) atoms. The number of aromatic nitrogens is 1. The Bertz CT molecular complexity index is 936. The molecule has 0 spiro atoms. The monoisotopic (exact) mass is 368 g/mol. The van der Waals surface area contributed by atoms with Gasteiger partial charge < -0.3 is 15.2 Å². The van der Waals surface area contributed by atoms with Crippen molar-refractivity contribution in [1.29, 1.82) is 0 Å². The summed E-state index contributed by atoms with van der Waals surface area (Å²) in [4.78, 5) is 16.9. The van der Waals surface area contributed by atoms with Crippen LogP contribution in [0, 0.1) is 0 Å². The minimum absolute atomic E-state index is 0.168. The Morgan fingerprint density at radius 1 is 1.35 bits per heavy atom. The highest BCUT2D eigenvalue weighted by molar-refractivity contribution is 7.20. The van der Waals surface area contributed by atoms with Crippen LogP contribution in [0.1, 0.15) is 33.8 Å². The minimum Gasteiger partial charge on any atom is -0.497 e. The number of hydrogen-bond donors (Lipinski definition) is 2.